The molecule has 2 nitrogen and oxygen atoms in total. The molecule has 0 spiro atoms. The minimum atomic E-state index is -2.00. The van der Waals surface area contributed by atoms with Crippen molar-refractivity contribution in [2.24, 2.45) is 0 Å². The van der Waals surface area contributed by atoms with Gasteiger partial charge in [-0.25, -0.2) is 0 Å². The van der Waals surface area contributed by atoms with Gasteiger partial charge in [-0.15, -0.1) is 0 Å². The summed E-state index contributed by atoms with van der Waals surface area (Å²) < 4.78 is 21.8. The van der Waals surface area contributed by atoms with Crippen molar-refractivity contribution in [3.05, 3.63) is 33.8 Å². The SMILES string of the molecule is Cc1cc(Br)ccc1CS(=O)[O-].[Na+]. The summed E-state index contributed by atoms with van der Waals surface area (Å²) in [6.45, 7) is 1.90. The molecule has 0 saturated heterocycles. The predicted molar refractivity (Wildman–Crippen MR) is 51.5 cm³/mol. The second-order valence-electron chi connectivity index (χ2n) is 2.52. The summed E-state index contributed by atoms with van der Waals surface area (Å²) in [6, 6.07) is 5.56. The zero-order valence-electron chi connectivity index (χ0n) is 7.54. The third-order valence-electron chi connectivity index (χ3n) is 1.58. The zero-order chi connectivity index (χ0) is 9.14. The van der Waals surface area contributed by atoms with Crippen LogP contribution in [0, 0.1) is 6.92 Å². The Kier molecular flexibility index (Phi) is 6.72. The molecule has 0 fully saturated rings. The molecule has 0 bridgehead atoms. The summed E-state index contributed by atoms with van der Waals surface area (Å²) in [5.74, 6) is 0.0963. The van der Waals surface area contributed by atoms with Gasteiger partial charge in [0.05, 0.1) is 0 Å². The molecule has 0 saturated carbocycles. The fourth-order valence-corrected chi connectivity index (χ4v) is 2.00. The van der Waals surface area contributed by atoms with Crippen LogP contribution in [0.4, 0.5) is 0 Å². The van der Waals surface area contributed by atoms with Gasteiger partial charge in [-0.1, -0.05) is 33.1 Å². The molecule has 0 heterocycles. The standard InChI is InChI=1S/C8H9BrO2S.Na/c1-6-4-8(9)3-2-7(6)5-12(10)11;/h2-4H,5H2,1H3,(H,10,11);/q;+1/p-1. The molecule has 1 atom stereocenters. The molecule has 0 amide bonds. The summed E-state index contributed by atoms with van der Waals surface area (Å²) in [7, 11) is 0. The number of aryl methyl sites for hydroxylation is 1. The molecular weight excluding hydrogens is 263 g/mol. The van der Waals surface area contributed by atoms with Crippen LogP contribution in [0.15, 0.2) is 22.7 Å². The maximum atomic E-state index is 10.4. The monoisotopic (exact) mass is 270 g/mol. The number of benzene rings is 1. The first kappa shape index (κ1) is 13.8. The molecule has 66 valence electrons. The normalized spacial score (nSPS) is 11.9. The summed E-state index contributed by atoms with van der Waals surface area (Å²) in [5.41, 5.74) is 1.85. The second kappa shape index (κ2) is 6.32. The molecule has 0 aromatic heterocycles. The maximum Gasteiger partial charge on any atom is 1.00 e. The molecule has 0 aliphatic carbocycles. The van der Waals surface area contributed by atoms with Gasteiger partial charge < -0.3 is 4.55 Å². The Morgan fingerprint density at radius 2 is 2.15 bits per heavy atom. The van der Waals surface area contributed by atoms with E-state index in [9.17, 15) is 8.76 Å². The van der Waals surface area contributed by atoms with E-state index >= 15 is 0 Å². The van der Waals surface area contributed by atoms with E-state index in [1.54, 1.807) is 0 Å². The van der Waals surface area contributed by atoms with Crippen LogP contribution < -0.4 is 29.6 Å². The Balaban J connectivity index is 0.00000144. The van der Waals surface area contributed by atoms with Crippen LogP contribution in [-0.4, -0.2) is 8.76 Å². The fraction of sp³-hybridized carbons (Fsp3) is 0.250. The summed E-state index contributed by atoms with van der Waals surface area (Å²) in [4.78, 5) is 0. The van der Waals surface area contributed by atoms with Crippen molar-refractivity contribution in [2.75, 3.05) is 0 Å². The fourth-order valence-electron chi connectivity index (χ4n) is 0.948. The molecule has 1 rings (SSSR count). The molecule has 1 aromatic carbocycles. The van der Waals surface area contributed by atoms with Crippen LogP contribution in [0.3, 0.4) is 0 Å². The summed E-state index contributed by atoms with van der Waals surface area (Å²) >= 11 is 1.31. The van der Waals surface area contributed by atoms with Crippen molar-refractivity contribution in [1.82, 2.24) is 0 Å². The molecule has 0 radical (unpaired) electrons. The third-order valence-corrected chi connectivity index (χ3v) is 2.62. The van der Waals surface area contributed by atoms with Gasteiger partial charge >= 0.3 is 29.6 Å². The van der Waals surface area contributed by atoms with Gasteiger partial charge in [0.25, 0.3) is 0 Å². The molecule has 0 N–H and O–H groups in total. The Labute approximate surface area is 111 Å². The Bertz CT molecular complexity index is 317. The average Bonchev–Trinajstić information content (AvgIpc) is 1.94. The number of halogens is 1. The van der Waals surface area contributed by atoms with Crippen LogP contribution in [0.5, 0.6) is 0 Å². The second-order valence-corrected chi connectivity index (χ2v) is 4.33. The summed E-state index contributed by atoms with van der Waals surface area (Å²) in [5, 5.41) is 0. The Morgan fingerprint density at radius 3 is 2.62 bits per heavy atom. The van der Waals surface area contributed by atoms with Gasteiger partial charge in [-0.3, -0.25) is 4.21 Å². The molecule has 0 aliphatic rings. The largest absolute Gasteiger partial charge is 1.00 e. The number of hydrogen-bond acceptors (Lipinski definition) is 2. The van der Waals surface area contributed by atoms with Gasteiger partial charge in [0.2, 0.25) is 0 Å². The topological polar surface area (TPSA) is 40.1 Å². The molecule has 13 heavy (non-hydrogen) atoms. The van der Waals surface area contributed by atoms with Gasteiger partial charge in [0.15, 0.2) is 0 Å². The van der Waals surface area contributed by atoms with E-state index in [2.05, 4.69) is 15.9 Å². The molecule has 5 heteroatoms. The summed E-state index contributed by atoms with van der Waals surface area (Å²) in [6.07, 6.45) is 0. The quantitative estimate of drug-likeness (QED) is 0.519. The third kappa shape index (κ3) is 4.72. The van der Waals surface area contributed by atoms with Gasteiger partial charge in [0.1, 0.15) is 0 Å². The minimum absolute atomic E-state index is 0. The van der Waals surface area contributed by atoms with Crippen LogP contribution >= 0.6 is 15.9 Å². The van der Waals surface area contributed by atoms with Crippen LogP contribution in [0.1, 0.15) is 11.1 Å². The molecule has 0 aliphatic heterocycles. The molecule has 1 aromatic rings. The smallest absolute Gasteiger partial charge is 0.772 e. The Morgan fingerprint density at radius 1 is 1.54 bits per heavy atom. The van der Waals surface area contributed by atoms with E-state index in [4.69, 9.17) is 0 Å². The minimum Gasteiger partial charge on any atom is -0.772 e. The van der Waals surface area contributed by atoms with Crippen molar-refractivity contribution in [2.45, 2.75) is 12.7 Å². The van der Waals surface area contributed by atoms with Crippen LogP contribution in [0.2, 0.25) is 0 Å². The van der Waals surface area contributed by atoms with Crippen LogP contribution in [-0.2, 0) is 16.8 Å². The first-order valence-corrected chi connectivity index (χ1v) is 5.44. The van der Waals surface area contributed by atoms with E-state index in [0.717, 1.165) is 15.6 Å². The van der Waals surface area contributed by atoms with Crippen molar-refractivity contribution >= 4 is 27.0 Å². The first-order chi connectivity index (χ1) is 5.59. The van der Waals surface area contributed by atoms with Crippen molar-refractivity contribution < 1.29 is 38.3 Å². The van der Waals surface area contributed by atoms with Crippen molar-refractivity contribution in [3.63, 3.8) is 0 Å². The number of rotatable bonds is 2. The maximum absolute atomic E-state index is 10.4. The van der Waals surface area contributed by atoms with Gasteiger partial charge in [-0.2, -0.15) is 0 Å². The van der Waals surface area contributed by atoms with E-state index < -0.39 is 11.1 Å². The Hall–Kier alpha value is 0.810. The van der Waals surface area contributed by atoms with Crippen LogP contribution in [0.25, 0.3) is 0 Å². The first-order valence-electron chi connectivity index (χ1n) is 3.40. The molecule has 1 unspecified atom stereocenters. The van der Waals surface area contributed by atoms with E-state index in [-0.39, 0.29) is 35.3 Å². The van der Waals surface area contributed by atoms with Gasteiger partial charge in [0, 0.05) is 10.2 Å². The van der Waals surface area contributed by atoms with E-state index in [1.165, 1.54) is 0 Å². The zero-order valence-corrected chi connectivity index (χ0v) is 11.9. The average molecular weight is 271 g/mol. The van der Waals surface area contributed by atoms with E-state index in [1.807, 2.05) is 25.1 Å². The van der Waals surface area contributed by atoms with E-state index in [0.29, 0.717) is 0 Å². The predicted octanol–water partition coefficient (Wildman–Crippen LogP) is -0.859. The molecular formula is C8H8BrNaO2S. The van der Waals surface area contributed by atoms with Gasteiger partial charge in [-0.05, 0) is 30.2 Å². The number of hydrogen-bond donors (Lipinski definition) is 0. The van der Waals surface area contributed by atoms with Crippen molar-refractivity contribution in [1.29, 1.82) is 0 Å². The van der Waals surface area contributed by atoms with Crippen molar-refractivity contribution in [3.8, 4) is 0 Å².